The van der Waals surface area contributed by atoms with Gasteiger partial charge in [0, 0.05) is 21.4 Å². The normalized spacial score (nSPS) is 18.3. The average Bonchev–Trinajstić information content (AvgIpc) is 3.35. The minimum atomic E-state index is -0.644. The molecule has 0 radical (unpaired) electrons. The van der Waals surface area contributed by atoms with Crippen LogP contribution >= 0.6 is 11.3 Å². The molecule has 3 amide bonds. The first kappa shape index (κ1) is 17.7. The summed E-state index contributed by atoms with van der Waals surface area (Å²) in [4.78, 5) is 41.5. The van der Waals surface area contributed by atoms with Crippen LogP contribution in [0.3, 0.4) is 0 Å². The van der Waals surface area contributed by atoms with E-state index in [1.165, 1.54) is 4.88 Å². The summed E-state index contributed by atoms with van der Waals surface area (Å²) < 4.78 is 0. The molecule has 2 aliphatic rings. The van der Waals surface area contributed by atoms with Gasteiger partial charge in [-0.3, -0.25) is 14.4 Å². The number of nitrogens with zero attached hydrogens (tertiary/aromatic N) is 1. The summed E-state index contributed by atoms with van der Waals surface area (Å²) in [7, 11) is 0. The van der Waals surface area contributed by atoms with Gasteiger partial charge in [-0.2, -0.15) is 0 Å². The Morgan fingerprint density at radius 1 is 1.15 bits per heavy atom. The number of aryl methyl sites for hydroxylation is 1. The minimum absolute atomic E-state index is 0.0919. The third-order valence-electron chi connectivity index (χ3n) is 4.87. The number of thiophene rings is 1. The van der Waals surface area contributed by atoms with Gasteiger partial charge in [0.2, 0.25) is 11.8 Å². The van der Waals surface area contributed by atoms with Crippen molar-refractivity contribution in [3.8, 4) is 0 Å². The first-order chi connectivity index (χ1) is 13.0. The second-order valence-corrected chi connectivity index (χ2v) is 8.31. The molecule has 2 heterocycles. The number of carbonyl (C=O) groups excluding carboxylic acids is 3. The number of fused-ring (bicyclic) bond motifs is 1. The Labute approximate surface area is 161 Å². The average molecular weight is 383 g/mol. The van der Waals surface area contributed by atoms with Crippen molar-refractivity contribution in [1.82, 2.24) is 15.5 Å². The number of benzene rings is 1. The number of rotatable bonds is 6. The van der Waals surface area contributed by atoms with Gasteiger partial charge in [0.25, 0.3) is 5.91 Å². The number of nitrogens with one attached hydrogen (secondary N) is 2. The zero-order valence-corrected chi connectivity index (χ0v) is 15.8. The Morgan fingerprint density at radius 2 is 1.93 bits per heavy atom. The topological polar surface area (TPSA) is 78.5 Å². The molecule has 1 unspecified atom stereocenters. The fourth-order valence-electron chi connectivity index (χ4n) is 3.43. The molecule has 1 fully saturated rings. The maximum absolute atomic E-state index is 12.8. The van der Waals surface area contributed by atoms with E-state index in [9.17, 15) is 14.4 Å². The molecule has 2 N–H and O–H groups in total. The first-order valence-corrected chi connectivity index (χ1v) is 9.87. The molecule has 1 aliphatic heterocycles. The van der Waals surface area contributed by atoms with Crippen LogP contribution < -0.4 is 10.6 Å². The molecule has 7 heteroatoms. The Hall–Kier alpha value is -2.67. The molecule has 140 valence electrons. The Balaban J connectivity index is 1.38. The number of hydrogen-bond donors (Lipinski definition) is 2. The Kier molecular flexibility index (Phi) is 4.70. The lowest BCUT2D eigenvalue weighted by Crippen LogP contribution is -2.43. The molecule has 1 atom stereocenters. The Morgan fingerprint density at radius 3 is 2.63 bits per heavy atom. The van der Waals surface area contributed by atoms with E-state index in [1.807, 2.05) is 37.3 Å². The number of hydrogen-bond acceptors (Lipinski definition) is 4. The van der Waals surface area contributed by atoms with Gasteiger partial charge in [0.15, 0.2) is 0 Å². The molecule has 0 bridgehead atoms. The molecule has 2 aromatic rings. The zero-order valence-electron chi connectivity index (χ0n) is 15.0. The van der Waals surface area contributed by atoms with Crippen LogP contribution in [0, 0.1) is 6.92 Å². The van der Waals surface area contributed by atoms with E-state index >= 15 is 0 Å². The van der Waals surface area contributed by atoms with Crippen LogP contribution in [0.15, 0.2) is 36.4 Å². The number of carbonyl (C=O) groups is 3. The lowest BCUT2D eigenvalue weighted by molar-refractivity contribution is -0.129. The number of amides is 3. The van der Waals surface area contributed by atoms with Crippen molar-refractivity contribution < 1.29 is 14.4 Å². The van der Waals surface area contributed by atoms with E-state index in [1.54, 1.807) is 22.3 Å². The highest BCUT2D eigenvalue weighted by molar-refractivity contribution is 7.11. The largest absolute Gasteiger partial charge is 0.350 e. The van der Waals surface area contributed by atoms with E-state index in [-0.39, 0.29) is 30.3 Å². The minimum Gasteiger partial charge on any atom is -0.350 e. The van der Waals surface area contributed by atoms with Crippen molar-refractivity contribution >= 4 is 29.1 Å². The third kappa shape index (κ3) is 3.60. The van der Waals surface area contributed by atoms with Gasteiger partial charge >= 0.3 is 0 Å². The van der Waals surface area contributed by atoms with Gasteiger partial charge in [-0.1, -0.05) is 18.2 Å². The molecular weight excluding hydrogens is 362 g/mol. The van der Waals surface area contributed by atoms with Crippen LogP contribution in [0.1, 0.15) is 44.6 Å². The molecule has 4 rings (SSSR count). The fraction of sp³-hybridized carbons (Fsp3) is 0.350. The second kappa shape index (κ2) is 7.15. The van der Waals surface area contributed by atoms with Crippen LogP contribution in [0.25, 0.3) is 0 Å². The molecule has 0 saturated heterocycles. The van der Waals surface area contributed by atoms with Crippen molar-refractivity contribution in [1.29, 1.82) is 0 Å². The van der Waals surface area contributed by atoms with E-state index in [0.717, 1.165) is 23.3 Å². The summed E-state index contributed by atoms with van der Waals surface area (Å²) in [6, 6.07) is 10.7. The van der Waals surface area contributed by atoms with Gasteiger partial charge < -0.3 is 15.5 Å². The Bertz CT molecular complexity index is 903. The van der Waals surface area contributed by atoms with E-state index in [4.69, 9.17) is 0 Å². The van der Waals surface area contributed by atoms with Crippen LogP contribution in [0.5, 0.6) is 0 Å². The second-order valence-electron chi connectivity index (χ2n) is 6.94. The van der Waals surface area contributed by atoms with Crippen molar-refractivity contribution in [2.45, 2.75) is 38.4 Å². The van der Waals surface area contributed by atoms with Crippen molar-refractivity contribution in [3.05, 3.63) is 57.3 Å². The summed E-state index contributed by atoms with van der Waals surface area (Å²) in [5, 5.41) is 5.51. The van der Waals surface area contributed by atoms with Gasteiger partial charge in [0.1, 0.15) is 6.04 Å². The molecule has 1 saturated carbocycles. The monoisotopic (exact) mass is 383 g/mol. The standard InChI is InChI=1S/C20H21N3O3S/c1-12-6-9-14(27-12)10-21-17(24)11-22-19(25)18-15-4-2-3-5-16(15)20(26)23(18)13-7-8-13/h2-6,9,13,18H,7-8,10-11H2,1H3,(H,21,24)(H,22,25). The van der Waals surface area contributed by atoms with Gasteiger partial charge in [-0.05, 0) is 43.5 Å². The van der Waals surface area contributed by atoms with E-state index in [0.29, 0.717) is 12.1 Å². The van der Waals surface area contributed by atoms with Crippen molar-refractivity contribution in [2.75, 3.05) is 6.54 Å². The maximum Gasteiger partial charge on any atom is 0.255 e. The predicted octanol–water partition coefficient (Wildman–Crippen LogP) is 2.15. The fourth-order valence-corrected chi connectivity index (χ4v) is 4.26. The van der Waals surface area contributed by atoms with Crippen LogP contribution in [-0.4, -0.2) is 35.2 Å². The molecule has 6 nitrogen and oxygen atoms in total. The predicted molar refractivity (Wildman–Crippen MR) is 102 cm³/mol. The lowest BCUT2D eigenvalue weighted by atomic mass is 10.0. The zero-order chi connectivity index (χ0) is 19.0. The van der Waals surface area contributed by atoms with E-state index in [2.05, 4.69) is 10.6 Å². The highest BCUT2D eigenvalue weighted by Gasteiger charge is 2.47. The van der Waals surface area contributed by atoms with E-state index < -0.39 is 6.04 Å². The van der Waals surface area contributed by atoms with Crippen LogP contribution in [0.2, 0.25) is 0 Å². The smallest absolute Gasteiger partial charge is 0.255 e. The molecule has 0 spiro atoms. The quantitative estimate of drug-likeness (QED) is 0.802. The summed E-state index contributed by atoms with van der Waals surface area (Å²) >= 11 is 1.63. The van der Waals surface area contributed by atoms with Gasteiger partial charge in [-0.15, -0.1) is 11.3 Å². The maximum atomic E-state index is 12.8. The van der Waals surface area contributed by atoms with Crippen molar-refractivity contribution in [2.24, 2.45) is 0 Å². The van der Waals surface area contributed by atoms with Gasteiger partial charge in [-0.25, -0.2) is 0 Å². The summed E-state index contributed by atoms with van der Waals surface area (Å²) in [6.45, 7) is 2.36. The highest BCUT2D eigenvalue weighted by Crippen LogP contribution is 2.41. The third-order valence-corrected chi connectivity index (χ3v) is 5.87. The van der Waals surface area contributed by atoms with Crippen molar-refractivity contribution in [3.63, 3.8) is 0 Å². The molecule has 1 aromatic heterocycles. The molecule has 1 aromatic carbocycles. The lowest BCUT2D eigenvalue weighted by Gasteiger charge is -2.24. The van der Waals surface area contributed by atoms with Crippen LogP contribution in [0.4, 0.5) is 0 Å². The first-order valence-electron chi connectivity index (χ1n) is 9.06. The molecule has 27 heavy (non-hydrogen) atoms. The molecule has 1 aliphatic carbocycles. The summed E-state index contributed by atoms with van der Waals surface area (Å²) in [5.74, 6) is -0.641. The summed E-state index contributed by atoms with van der Waals surface area (Å²) in [5.41, 5.74) is 1.31. The van der Waals surface area contributed by atoms with Gasteiger partial charge in [0.05, 0.1) is 13.1 Å². The molecular formula is C20H21N3O3S. The van der Waals surface area contributed by atoms with Crippen LogP contribution in [-0.2, 0) is 16.1 Å². The SMILES string of the molecule is Cc1ccc(CNC(=O)CNC(=O)C2c3ccccc3C(=O)N2C2CC2)s1. The highest BCUT2D eigenvalue weighted by atomic mass is 32.1. The summed E-state index contributed by atoms with van der Waals surface area (Å²) in [6.07, 6.45) is 1.84.